The highest BCUT2D eigenvalue weighted by Crippen LogP contribution is 2.26. The summed E-state index contributed by atoms with van der Waals surface area (Å²) < 4.78 is 11.1. The molecular formula is C44H48Cl2N6O7. The number of rotatable bonds is 12. The van der Waals surface area contributed by atoms with E-state index in [1.54, 1.807) is 43.5 Å². The van der Waals surface area contributed by atoms with E-state index in [9.17, 15) is 24.3 Å². The van der Waals surface area contributed by atoms with Crippen molar-refractivity contribution in [3.63, 3.8) is 0 Å². The van der Waals surface area contributed by atoms with Crippen molar-refractivity contribution >= 4 is 58.2 Å². The zero-order valence-electron chi connectivity index (χ0n) is 33.9. The van der Waals surface area contributed by atoms with Gasteiger partial charge >= 0.3 is 0 Å². The van der Waals surface area contributed by atoms with Crippen molar-refractivity contribution in [1.29, 1.82) is 0 Å². The van der Waals surface area contributed by atoms with Crippen LogP contribution < -0.4 is 30.7 Å². The molecule has 5 aromatic rings. The lowest BCUT2D eigenvalue weighted by atomic mass is 10.1. The number of methoxy groups -OCH3 is 1. The summed E-state index contributed by atoms with van der Waals surface area (Å²) in [6, 6.07) is 23.5. The van der Waals surface area contributed by atoms with Crippen LogP contribution in [-0.2, 0) is 29.0 Å². The number of aromatic hydroxyl groups is 1. The van der Waals surface area contributed by atoms with Crippen molar-refractivity contribution in [2.45, 2.75) is 72.1 Å². The molecule has 0 aliphatic rings. The minimum Gasteiger partial charge on any atom is -0.508 e. The van der Waals surface area contributed by atoms with Crippen LogP contribution in [0.3, 0.4) is 0 Å². The molecule has 0 radical (unpaired) electrons. The van der Waals surface area contributed by atoms with Gasteiger partial charge in [-0.2, -0.15) is 0 Å². The minimum absolute atomic E-state index is 0.000442. The number of nitrogens with one attached hydrogen (secondary N) is 4. The van der Waals surface area contributed by atoms with Crippen LogP contribution in [0, 0.1) is 0 Å². The Morgan fingerprint density at radius 2 is 1.12 bits per heavy atom. The Kier molecular flexibility index (Phi) is 15.8. The molecule has 0 saturated heterocycles. The minimum atomic E-state index is -0.396. The van der Waals surface area contributed by atoms with Crippen LogP contribution in [0.4, 0.5) is 11.4 Å². The van der Waals surface area contributed by atoms with E-state index in [-0.39, 0.29) is 59.1 Å². The van der Waals surface area contributed by atoms with Crippen LogP contribution in [0.25, 0.3) is 0 Å². The van der Waals surface area contributed by atoms with Gasteiger partial charge in [-0.05, 0) is 120 Å². The molecule has 0 atom stereocenters. The van der Waals surface area contributed by atoms with Gasteiger partial charge in [-0.3, -0.25) is 29.1 Å². The molecule has 0 aliphatic heterocycles. The summed E-state index contributed by atoms with van der Waals surface area (Å²) in [5.41, 5.74) is 2.60. The number of benzene rings is 3. The standard InChI is InChI=1S/C26H28ClN3O4.C18H20ClN3O3/c1-26(2,3)30-25(32)22-15-20(11-12-28-22)29-24(31)14-18-13-19(27)7-10-23(18)34-16-17-5-8-21(33-4)9-6-17;1-18(2,3)22-17(25)14-10-13(6-7-20-14)21-16(24)9-11-8-12(19)4-5-15(11)23/h5-13,15H,14,16H2,1-4H3,(H,30,32)(H,28,29,31);4-8,10,23H,9H2,1-3H3,(H,22,25)(H,20,21,24). The summed E-state index contributed by atoms with van der Waals surface area (Å²) in [5.74, 6) is 0.0808. The SMILES string of the molecule is CC(C)(C)NC(=O)c1cc(NC(=O)Cc2cc(Cl)ccc2O)ccn1.COc1ccc(COc2ccc(Cl)cc2CC(=O)Nc2ccnc(C(=O)NC(C)(C)C)c2)cc1. The Hall–Kier alpha value is -6.18. The molecule has 310 valence electrons. The van der Waals surface area contributed by atoms with Crippen molar-refractivity contribution < 1.29 is 33.8 Å². The van der Waals surface area contributed by atoms with E-state index < -0.39 is 5.54 Å². The second kappa shape index (κ2) is 20.5. The topological polar surface area (TPSA) is 181 Å². The fourth-order valence-electron chi connectivity index (χ4n) is 5.24. The molecule has 0 bridgehead atoms. The lowest BCUT2D eigenvalue weighted by molar-refractivity contribution is -0.116. The molecule has 3 aromatic carbocycles. The maximum absolute atomic E-state index is 12.8. The molecule has 5 rings (SSSR count). The molecule has 0 unspecified atom stereocenters. The fourth-order valence-corrected chi connectivity index (χ4v) is 5.63. The maximum atomic E-state index is 12.8. The largest absolute Gasteiger partial charge is 0.508 e. The number of aromatic nitrogens is 2. The van der Waals surface area contributed by atoms with E-state index in [0.29, 0.717) is 44.9 Å². The first-order chi connectivity index (χ1) is 27.8. The Morgan fingerprint density at radius 3 is 1.61 bits per heavy atom. The van der Waals surface area contributed by atoms with Gasteiger partial charge in [0.2, 0.25) is 11.8 Å². The summed E-state index contributed by atoms with van der Waals surface area (Å²) in [4.78, 5) is 57.5. The van der Waals surface area contributed by atoms with Crippen LogP contribution >= 0.6 is 23.2 Å². The number of nitrogens with zero attached hydrogens (tertiary/aromatic N) is 2. The number of ether oxygens (including phenoxy) is 2. The number of carbonyl (C=O) groups excluding carboxylic acids is 4. The average molecular weight is 844 g/mol. The predicted octanol–water partition coefficient (Wildman–Crippen LogP) is 8.18. The lowest BCUT2D eigenvalue weighted by Gasteiger charge is -2.20. The Morgan fingerprint density at radius 1 is 0.644 bits per heavy atom. The second-order valence-corrected chi connectivity index (χ2v) is 16.3. The monoisotopic (exact) mass is 842 g/mol. The Balaban J connectivity index is 0.000000273. The van der Waals surface area contributed by atoms with Gasteiger partial charge in [-0.15, -0.1) is 0 Å². The Bertz CT molecular complexity index is 2270. The predicted molar refractivity (Wildman–Crippen MR) is 229 cm³/mol. The van der Waals surface area contributed by atoms with Crippen LogP contribution in [0.1, 0.15) is 79.2 Å². The van der Waals surface area contributed by atoms with Gasteiger partial charge in [-0.1, -0.05) is 35.3 Å². The molecule has 0 aliphatic carbocycles. The van der Waals surface area contributed by atoms with Gasteiger partial charge in [0.25, 0.3) is 11.8 Å². The quantitative estimate of drug-likeness (QED) is 0.0828. The third kappa shape index (κ3) is 15.6. The molecule has 2 aromatic heterocycles. The van der Waals surface area contributed by atoms with Gasteiger partial charge in [0.1, 0.15) is 35.2 Å². The summed E-state index contributed by atoms with van der Waals surface area (Å²) in [6.45, 7) is 11.6. The third-order valence-corrected chi connectivity index (χ3v) is 8.32. The van der Waals surface area contributed by atoms with E-state index in [2.05, 4.69) is 31.2 Å². The summed E-state index contributed by atoms with van der Waals surface area (Å²) >= 11 is 12.0. The highest BCUT2D eigenvalue weighted by atomic mass is 35.5. The fraction of sp³-hybridized carbons (Fsp3) is 0.273. The number of anilines is 2. The van der Waals surface area contributed by atoms with Crippen molar-refractivity contribution in [2.24, 2.45) is 0 Å². The molecule has 0 saturated carbocycles. The van der Waals surface area contributed by atoms with Gasteiger partial charge in [0.05, 0.1) is 20.0 Å². The van der Waals surface area contributed by atoms with Crippen molar-refractivity contribution in [1.82, 2.24) is 20.6 Å². The molecule has 15 heteroatoms. The number of carbonyl (C=O) groups is 4. The van der Waals surface area contributed by atoms with Gasteiger partial charge in [-0.25, -0.2) is 0 Å². The zero-order chi connectivity index (χ0) is 43.3. The number of hydrogen-bond acceptors (Lipinski definition) is 9. The zero-order valence-corrected chi connectivity index (χ0v) is 35.4. The number of hydrogen-bond donors (Lipinski definition) is 5. The normalized spacial score (nSPS) is 11.0. The van der Waals surface area contributed by atoms with Crippen LogP contribution in [0.2, 0.25) is 10.0 Å². The molecule has 0 fully saturated rings. The molecule has 4 amide bonds. The summed E-state index contributed by atoms with van der Waals surface area (Å²) in [6.07, 6.45) is 2.93. The average Bonchev–Trinajstić information content (AvgIpc) is 3.15. The Labute approximate surface area is 353 Å². The number of pyridine rings is 2. The van der Waals surface area contributed by atoms with Gasteiger partial charge in [0.15, 0.2) is 0 Å². The molecular weight excluding hydrogens is 795 g/mol. The smallest absolute Gasteiger partial charge is 0.270 e. The highest BCUT2D eigenvalue weighted by Gasteiger charge is 2.19. The van der Waals surface area contributed by atoms with E-state index in [4.69, 9.17) is 32.7 Å². The number of phenols is 1. The second-order valence-electron chi connectivity index (χ2n) is 15.4. The van der Waals surface area contributed by atoms with Crippen LogP contribution in [0.15, 0.2) is 97.3 Å². The van der Waals surface area contributed by atoms with E-state index >= 15 is 0 Å². The summed E-state index contributed by atoms with van der Waals surface area (Å²) in [7, 11) is 1.62. The first-order valence-electron chi connectivity index (χ1n) is 18.5. The van der Waals surface area contributed by atoms with Crippen molar-refractivity contribution in [2.75, 3.05) is 17.7 Å². The van der Waals surface area contributed by atoms with Gasteiger partial charge < -0.3 is 35.8 Å². The molecule has 0 spiro atoms. The number of phenolic OH excluding ortho intramolecular Hbond substituents is 1. The van der Waals surface area contributed by atoms with Crippen molar-refractivity contribution in [3.8, 4) is 17.2 Å². The van der Waals surface area contributed by atoms with Crippen LogP contribution in [-0.4, -0.2) is 56.9 Å². The third-order valence-electron chi connectivity index (χ3n) is 7.85. The molecule has 5 N–H and O–H groups in total. The highest BCUT2D eigenvalue weighted by molar-refractivity contribution is 6.31. The van der Waals surface area contributed by atoms with Crippen molar-refractivity contribution in [3.05, 3.63) is 135 Å². The van der Waals surface area contributed by atoms with E-state index in [1.165, 1.54) is 36.7 Å². The maximum Gasteiger partial charge on any atom is 0.270 e. The first kappa shape index (κ1) is 45.5. The van der Waals surface area contributed by atoms with E-state index in [0.717, 1.165) is 11.3 Å². The van der Waals surface area contributed by atoms with E-state index in [1.807, 2.05) is 65.8 Å². The number of halogens is 2. The van der Waals surface area contributed by atoms with Crippen LogP contribution in [0.5, 0.6) is 17.2 Å². The lowest BCUT2D eigenvalue weighted by Crippen LogP contribution is -2.40. The number of amides is 4. The molecule has 13 nitrogen and oxygen atoms in total. The summed E-state index contributed by atoms with van der Waals surface area (Å²) in [5, 5.41) is 21.9. The first-order valence-corrected chi connectivity index (χ1v) is 19.2. The molecule has 2 heterocycles. The molecule has 59 heavy (non-hydrogen) atoms. The van der Waals surface area contributed by atoms with Gasteiger partial charge in [0, 0.05) is 56.0 Å².